The van der Waals surface area contributed by atoms with Crippen LogP contribution in [0, 0.1) is 0 Å². The van der Waals surface area contributed by atoms with Crippen LogP contribution in [0.5, 0.6) is 0 Å². The number of halogens is 3. The van der Waals surface area contributed by atoms with Gasteiger partial charge in [0.25, 0.3) is 0 Å². The predicted octanol–water partition coefficient (Wildman–Crippen LogP) is 0.632. The molecule has 0 saturated heterocycles. The van der Waals surface area contributed by atoms with Gasteiger partial charge in [-0.1, -0.05) is 0 Å². The lowest BCUT2D eigenvalue weighted by molar-refractivity contribution is -0.124. The van der Waals surface area contributed by atoms with Crippen molar-refractivity contribution >= 4 is 0 Å². The summed E-state index contributed by atoms with van der Waals surface area (Å²) in [5.74, 6) is 0. The first-order valence-electron chi connectivity index (χ1n) is 4.92. The Morgan fingerprint density at radius 1 is 1.00 bits per heavy atom. The highest BCUT2D eigenvalue weighted by molar-refractivity contribution is 4.59. The van der Waals surface area contributed by atoms with Gasteiger partial charge in [-0.3, -0.25) is 0 Å². The molecule has 0 heterocycles. The molecule has 0 aliphatic rings. The summed E-state index contributed by atoms with van der Waals surface area (Å²) < 4.78 is 35.3. The zero-order valence-corrected chi connectivity index (χ0v) is 9.56. The van der Waals surface area contributed by atoms with Crippen LogP contribution in [0.2, 0.25) is 0 Å². The zero-order chi connectivity index (χ0) is 11.9. The van der Waals surface area contributed by atoms with Crippen molar-refractivity contribution in [3.8, 4) is 0 Å². The summed E-state index contributed by atoms with van der Waals surface area (Å²) in [6, 6.07) is 0. The van der Waals surface area contributed by atoms with E-state index in [4.69, 9.17) is 0 Å². The third-order valence-corrected chi connectivity index (χ3v) is 1.92. The number of hydrogen-bond acceptors (Lipinski definition) is 3. The quantitative estimate of drug-likeness (QED) is 0.644. The van der Waals surface area contributed by atoms with Gasteiger partial charge in [-0.2, -0.15) is 13.2 Å². The van der Waals surface area contributed by atoms with Crippen molar-refractivity contribution < 1.29 is 13.2 Å². The zero-order valence-electron chi connectivity index (χ0n) is 9.56. The first kappa shape index (κ1) is 14.7. The molecule has 0 fully saturated rings. The summed E-state index contributed by atoms with van der Waals surface area (Å²) in [5, 5.41) is 2.36. The number of likely N-dealkylation sites (N-methyl/N-ethyl adjacent to an activating group) is 2. The van der Waals surface area contributed by atoms with E-state index in [1.165, 1.54) is 0 Å². The van der Waals surface area contributed by atoms with Gasteiger partial charge < -0.3 is 15.1 Å². The SMILES string of the molecule is CN(C)CCN(C)CCNCC(F)(F)F. The maximum Gasteiger partial charge on any atom is 0.401 e. The molecule has 0 saturated carbocycles. The molecule has 0 aromatic carbocycles. The Hall–Kier alpha value is -0.330. The Kier molecular flexibility index (Phi) is 6.87. The van der Waals surface area contributed by atoms with Crippen molar-refractivity contribution in [1.29, 1.82) is 0 Å². The summed E-state index contributed by atoms with van der Waals surface area (Å²) in [7, 11) is 5.84. The summed E-state index contributed by atoms with van der Waals surface area (Å²) in [6.07, 6.45) is -4.11. The second-order valence-corrected chi connectivity index (χ2v) is 3.90. The second-order valence-electron chi connectivity index (χ2n) is 3.90. The third kappa shape index (κ3) is 11.6. The molecule has 1 N–H and O–H groups in total. The van der Waals surface area contributed by atoms with E-state index >= 15 is 0 Å². The lowest BCUT2D eigenvalue weighted by Gasteiger charge is -2.19. The van der Waals surface area contributed by atoms with Crippen molar-refractivity contribution in [2.45, 2.75) is 6.18 Å². The third-order valence-electron chi connectivity index (χ3n) is 1.92. The van der Waals surface area contributed by atoms with E-state index in [-0.39, 0.29) is 0 Å². The van der Waals surface area contributed by atoms with E-state index in [0.29, 0.717) is 13.1 Å². The van der Waals surface area contributed by atoms with Crippen molar-refractivity contribution in [3.05, 3.63) is 0 Å². The van der Waals surface area contributed by atoms with Gasteiger partial charge in [0, 0.05) is 26.2 Å². The van der Waals surface area contributed by atoms with E-state index in [1.807, 2.05) is 30.9 Å². The normalized spacial score (nSPS) is 12.8. The van der Waals surface area contributed by atoms with Crippen LogP contribution in [0.4, 0.5) is 13.2 Å². The smallest absolute Gasteiger partial charge is 0.308 e. The largest absolute Gasteiger partial charge is 0.401 e. The minimum Gasteiger partial charge on any atom is -0.308 e. The van der Waals surface area contributed by atoms with Gasteiger partial charge in [-0.25, -0.2) is 0 Å². The van der Waals surface area contributed by atoms with Crippen LogP contribution >= 0.6 is 0 Å². The molecule has 0 unspecified atom stereocenters. The molecule has 0 amide bonds. The van der Waals surface area contributed by atoms with Gasteiger partial charge in [0.05, 0.1) is 6.54 Å². The van der Waals surface area contributed by atoms with E-state index < -0.39 is 12.7 Å². The van der Waals surface area contributed by atoms with Gasteiger partial charge >= 0.3 is 6.18 Å². The van der Waals surface area contributed by atoms with Gasteiger partial charge in [-0.15, -0.1) is 0 Å². The minimum atomic E-state index is -4.11. The van der Waals surface area contributed by atoms with E-state index in [0.717, 1.165) is 13.1 Å². The molecule has 15 heavy (non-hydrogen) atoms. The molecule has 0 radical (unpaired) electrons. The van der Waals surface area contributed by atoms with Gasteiger partial charge in [0.2, 0.25) is 0 Å². The molecule has 0 bridgehead atoms. The molecule has 0 rings (SSSR count). The number of rotatable bonds is 7. The predicted molar refractivity (Wildman–Crippen MR) is 55.0 cm³/mol. The lowest BCUT2D eigenvalue weighted by atomic mass is 10.4. The summed E-state index contributed by atoms with van der Waals surface area (Å²) in [5.41, 5.74) is 0. The molecule has 0 aromatic heterocycles. The van der Waals surface area contributed by atoms with Gasteiger partial charge in [0.15, 0.2) is 0 Å². The number of nitrogens with zero attached hydrogens (tertiary/aromatic N) is 2. The van der Waals surface area contributed by atoms with Crippen LogP contribution in [-0.4, -0.2) is 69.8 Å². The number of hydrogen-bond donors (Lipinski definition) is 1. The average molecular weight is 227 g/mol. The first-order valence-corrected chi connectivity index (χ1v) is 4.92. The van der Waals surface area contributed by atoms with Crippen LogP contribution in [0.25, 0.3) is 0 Å². The number of alkyl halides is 3. The van der Waals surface area contributed by atoms with E-state index in [2.05, 4.69) is 5.32 Å². The van der Waals surface area contributed by atoms with Gasteiger partial charge in [-0.05, 0) is 21.1 Å². The van der Waals surface area contributed by atoms with Crippen LogP contribution in [0.1, 0.15) is 0 Å². The fraction of sp³-hybridized carbons (Fsp3) is 1.00. The standard InChI is InChI=1S/C9H20F3N3/c1-14(2)6-7-15(3)5-4-13-8-9(10,11)12/h13H,4-8H2,1-3H3. The Balaban J connectivity index is 3.35. The Morgan fingerprint density at radius 3 is 2.07 bits per heavy atom. The summed E-state index contributed by atoms with van der Waals surface area (Å²) >= 11 is 0. The van der Waals surface area contributed by atoms with Crippen molar-refractivity contribution in [3.63, 3.8) is 0 Å². The first-order chi connectivity index (χ1) is 6.81. The Bertz CT molecular complexity index is 159. The molecule has 6 heteroatoms. The van der Waals surface area contributed by atoms with Crippen LogP contribution in [-0.2, 0) is 0 Å². The van der Waals surface area contributed by atoms with Crippen molar-refractivity contribution in [2.75, 3.05) is 53.9 Å². The molecule has 0 spiro atoms. The minimum absolute atomic E-state index is 0.365. The van der Waals surface area contributed by atoms with Crippen LogP contribution in [0.15, 0.2) is 0 Å². The highest BCUT2D eigenvalue weighted by Gasteiger charge is 2.25. The number of nitrogens with one attached hydrogen (secondary N) is 1. The van der Waals surface area contributed by atoms with Crippen LogP contribution in [0.3, 0.4) is 0 Å². The fourth-order valence-electron chi connectivity index (χ4n) is 0.983. The maximum atomic E-state index is 11.8. The molecular formula is C9H20F3N3. The fourth-order valence-corrected chi connectivity index (χ4v) is 0.983. The van der Waals surface area contributed by atoms with Crippen LogP contribution < -0.4 is 5.32 Å². The maximum absolute atomic E-state index is 11.8. The molecule has 0 aliphatic carbocycles. The summed E-state index contributed by atoms with van der Waals surface area (Å²) in [4.78, 5) is 4.04. The average Bonchev–Trinajstić information content (AvgIpc) is 2.07. The van der Waals surface area contributed by atoms with Crippen molar-refractivity contribution in [1.82, 2.24) is 15.1 Å². The van der Waals surface area contributed by atoms with E-state index in [9.17, 15) is 13.2 Å². The molecule has 0 aliphatic heterocycles. The molecular weight excluding hydrogens is 207 g/mol. The monoisotopic (exact) mass is 227 g/mol. The molecule has 0 atom stereocenters. The molecule has 0 aromatic rings. The Labute approximate surface area is 89.2 Å². The topological polar surface area (TPSA) is 18.5 Å². The highest BCUT2D eigenvalue weighted by atomic mass is 19.4. The second kappa shape index (κ2) is 7.03. The Morgan fingerprint density at radius 2 is 1.60 bits per heavy atom. The van der Waals surface area contributed by atoms with E-state index in [1.54, 1.807) is 0 Å². The molecule has 92 valence electrons. The van der Waals surface area contributed by atoms with Crippen molar-refractivity contribution in [2.24, 2.45) is 0 Å². The summed E-state index contributed by atoms with van der Waals surface area (Å²) in [6.45, 7) is 1.86. The lowest BCUT2D eigenvalue weighted by Crippen LogP contribution is -2.37. The highest BCUT2D eigenvalue weighted by Crippen LogP contribution is 2.11. The van der Waals surface area contributed by atoms with Gasteiger partial charge in [0.1, 0.15) is 0 Å². The molecule has 3 nitrogen and oxygen atoms in total.